The van der Waals surface area contributed by atoms with E-state index >= 15 is 4.39 Å². The maximum atomic E-state index is 16.5. The molecule has 0 spiro atoms. The van der Waals surface area contributed by atoms with Crippen LogP contribution in [0.2, 0.25) is 0 Å². The maximum Gasteiger partial charge on any atom is 0.318 e. The van der Waals surface area contributed by atoms with Gasteiger partial charge in [0.25, 0.3) is 0 Å². The number of nitrogens with two attached hydrogens (primary N) is 2. The van der Waals surface area contributed by atoms with Crippen LogP contribution in [0.25, 0.3) is 32.2 Å². The fraction of sp³-hybridized carbons (Fsp3) is 0.250. The first-order chi connectivity index (χ1) is 19.7. The third-order valence-corrected chi connectivity index (χ3v) is 8.25. The summed E-state index contributed by atoms with van der Waals surface area (Å²) in [7, 11) is 1.40. The fourth-order valence-corrected chi connectivity index (χ4v) is 6.30. The molecule has 4 N–H and O–H groups in total. The molecule has 1 aliphatic heterocycles. The van der Waals surface area contributed by atoms with Crippen molar-refractivity contribution >= 4 is 49.0 Å². The Morgan fingerprint density at radius 3 is 2.68 bits per heavy atom. The predicted octanol–water partition coefficient (Wildman–Crippen LogP) is 4.84. The molecule has 5 heterocycles. The number of likely N-dealkylation sites (N-methyl/N-ethyl adjacent to an activating group) is 1. The van der Waals surface area contributed by atoms with Crippen molar-refractivity contribution in [1.29, 1.82) is 5.26 Å². The molecule has 208 valence electrons. The first-order valence-corrected chi connectivity index (χ1v) is 13.6. The number of halogens is 2. The molecule has 0 amide bonds. The van der Waals surface area contributed by atoms with E-state index in [-0.39, 0.29) is 60.7 Å². The molecule has 0 radical (unpaired) electrons. The molecule has 41 heavy (non-hydrogen) atoms. The van der Waals surface area contributed by atoms with Crippen molar-refractivity contribution in [1.82, 2.24) is 19.9 Å². The normalized spacial score (nSPS) is 16.4. The molecule has 2 atom stereocenters. The highest BCUT2D eigenvalue weighted by Crippen LogP contribution is 2.45. The molecule has 10 nitrogen and oxygen atoms in total. The van der Waals surface area contributed by atoms with Gasteiger partial charge in [-0.25, -0.2) is 18.7 Å². The predicted molar refractivity (Wildman–Crippen MR) is 153 cm³/mol. The van der Waals surface area contributed by atoms with Crippen molar-refractivity contribution in [2.75, 3.05) is 30.0 Å². The lowest BCUT2D eigenvalue weighted by atomic mass is 10.0. The molecular formula is C28H24F2N8O2S. The molecule has 4 aromatic heterocycles. The van der Waals surface area contributed by atoms with Gasteiger partial charge in [0, 0.05) is 23.7 Å². The van der Waals surface area contributed by atoms with E-state index in [4.69, 9.17) is 20.9 Å². The van der Waals surface area contributed by atoms with Crippen LogP contribution in [-0.4, -0.2) is 45.7 Å². The lowest BCUT2D eigenvalue weighted by molar-refractivity contribution is 0.183. The van der Waals surface area contributed by atoms with E-state index in [9.17, 15) is 9.65 Å². The Morgan fingerprint density at radius 2 is 1.98 bits per heavy atom. The van der Waals surface area contributed by atoms with Crippen LogP contribution in [0.4, 0.5) is 25.4 Å². The van der Waals surface area contributed by atoms with Crippen LogP contribution in [0.15, 0.2) is 30.5 Å². The number of pyridine rings is 2. The number of nitriles is 1. The fourth-order valence-electron chi connectivity index (χ4n) is 5.35. The first kappa shape index (κ1) is 26.4. The monoisotopic (exact) mass is 574 g/mol. The maximum absolute atomic E-state index is 16.5. The number of thiophene rings is 1. The molecule has 0 saturated carbocycles. The van der Waals surface area contributed by atoms with Crippen molar-refractivity contribution in [3.63, 3.8) is 0 Å². The van der Waals surface area contributed by atoms with Gasteiger partial charge in [-0.1, -0.05) is 0 Å². The van der Waals surface area contributed by atoms with Crippen LogP contribution in [0.1, 0.15) is 25.0 Å². The second kappa shape index (κ2) is 9.97. The van der Waals surface area contributed by atoms with Crippen molar-refractivity contribution in [2.45, 2.75) is 32.4 Å². The average molecular weight is 575 g/mol. The Morgan fingerprint density at radius 1 is 1.17 bits per heavy atom. The van der Waals surface area contributed by atoms with Crippen LogP contribution in [0, 0.1) is 23.0 Å². The van der Waals surface area contributed by atoms with E-state index in [1.807, 2.05) is 30.9 Å². The van der Waals surface area contributed by atoms with E-state index in [1.165, 1.54) is 19.2 Å². The second-order valence-corrected chi connectivity index (χ2v) is 10.6. The Labute approximate surface area is 237 Å². The van der Waals surface area contributed by atoms with Gasteiger partial charge >= 0.3 is 6.01 Å². The summed E-state index contributed by atoms with van der Waals surface area (Å²) in [4.78, 5) is 19.6. The second-order valence-electron chi connectivity index (χ2n) is 9.56. The number of rotatable bonds is 5. The van der Waals surface area contributed by atoms with Crippen LogP contribution < -0.4 is 25.8 Å². The van der Waals surface area contributed by atoms with Gasteiger partial charge in [-0.05, 0) is 50.1 Å². The lowest BCUT2D eigenvalue weighted by Gasteiger charge is -2.33. The van der Waals surface area contributed by atoms with Crippen molar-refractivity contribution in [2.24, 2.45) is 0 Å². The minimum atomic E-state index is -0.792. The zero-order valence-corrected chi connectivity index (χ0v) is 23.1. The SMILES string of the molecule is CCN1c2nc(OC)nc3c(F)c(-c4ccc(F)c5sc(N)c(C#N)c45)nc(c23)OC(C)C1Cc1ccnc(N)c1. The number of benzene rings is 1. The minimum absolute atomic E-state index is 0.0452. The lowest BCUT2D eigenvalue weighted by Crippen LogP contribution is -2.46. The zero-order valence-electron chi connectivity index (χ0n) is 22.3. The molecule has 1 aromatic carbocycles. The van der Waals surface area contributed by atoms with Gasteiger partial charge in [0.1, 0.15) is 51.2 Å². The van der Waals surface area contributed by atoms with Gasteiger partial charge in [0.2, 0.25) is 5.88 Å². The van der Waals surface area contributed by atoms with E-state index in [0.717, 1.165) is 16.9 Å². The van der Waals surface area contributed by atoms with E-state index < -0.39 is 17.7 Å². The highest BCUT2D eigenvalue weighted by molar-refractivity contribution is 7.23. The van der Waals surface area contributed by atoms with Gasteiger partial charge in [0.05, 0.1) is 23.4 Å². The molecule has 0 fully saturated rings. The summed E-state index contributed by atoms with van der Waals surface area (Å²) in [6.45, 7) is 4.37. The van der Waals surface area contributed by atoms with Gasteiger partial charge in [-0.15, -0.1) is 11.3 Å². The molecule has 1 aliphatic rings. The van der Waals surface area contributed by atoms with Crippen LogP contribution in [0.3, 0.4) is 0 Å². The number of ether oxygens (including phenoxy) is 2. The van der Waals surface area contributed by atoms with Crippen molar-refractivity contribution < 1.29 is 18.3 Å². The van der Waals surface area contributed by atoms with Crippen molar-refractivity contribution in [3.05, 3.63) is 53.2 Å². The smallest absolute Gasteiger partial charge is 0.318 e. The molecule has 0 bridgehead atoms. The molecule has 2 unspecified atom stereocenters. The number of anilines is 3. The van der Waals surface area contributed by atoms with Crippen LogP contribution in [-0.2, 0) is 6.42 Å². The first-order valence-electron chi connectivity index (χ1n) is 12.8. The number of hydrogen-bond donors (Lipinski definition) is 2. The minimum Gasteiger partial charge on any atom is -0.472 e. The summed E-state index contributed by atoms with van der Waals surface area (Å²) in [5, 5.41) is 10.4. The highest BCUT2D eigenvalue weighted by Gasteiger charge is 2.36. The Bertz CT molecular complexity index is 1890. The van der Waals surface area contributed by atoms with E-state index in [2.05, 4.69) is 19.9 Å². The van der Waals surface area contributed by atoms with Gasteiger partial charge in [0.15, 0.2) is 5.82 Å². The average Bonchev–Trinajstić information content (AvgIpc) is 3.25. The molecule has 5 aromatic rings. The van der Waals surface area contributed by atoms with Crippen LogP contribution >= 0.6 is 11.3 Å². The molecule has 6 rings (SSSR count). The molecule has 0 saturated heterocycles. The summed E-state index contributed by atoms with van der Waals surface area (Å²) in [5.74, 6) is -0.459. The molecular weight excluding hydrogens is 550 g/mol. The number of nitrogens with zero attached hydrogens (tertiary/aromatic N) is 6. The van der Waals surface area contributed by atoms with Gasteiger partial charge < -0.3 is 25.8 Å². The Kier molecular flexibility index (Phi) is 6.42. The number of nitrogen functional groups attached to an aromatic ring is 2. The van der Waals surface area contributed by atoms with E-state index in [1.54, 1.807) is 12.3 Å². The number of aromatic nitrogens is 4. The third-order valence-electron chi connectivity index (χ3n) is 7.22. The molecule has 0 aliphatic carbocycles. The van der Waals surface area contributed by atoms with E-state index in [0.29, 0.717) is 24.6 Å². The Hall–Kier alpha value is -4.83. The quantitative estimate of drug-likeness (QED) is 0.298. The standard InChI is InChI=1S/C28H24F2N8O2S/c1-4-38-17(9-13-7-8-34-18(32)10-13)12(2)40-27-20-23(36-28(39-3)37-26(20)38)21(30)22(35-27)14-5-6-16(29)24-19(14)15(11-31)25(33)41-24/h5-8,10,12,17H,4,9,33H2,1-3H3,(H2,32,34). The van der Waals surface area contributed by atoms with Gasteiger partial charge in [-0.2, -0.15) is 15.2 Å². The largest absolute Gasteiger partial charge is 0.472 e. The summed E-state index contributed by atoms with van der Waals surface area (Å²) >= 11 is 0.920. The van der Waals surface area contributed by atoms with Crippen molar-refractivity contribution in [3.8, 4) is 29.2 Å². The highest BCUT2D eigenvalue weighted by atomic mass is 32.1. The Balaban J connectivity index is 1.62. The number of methoxy groups -OCH3 is 1. The van der Waals surface area contributed by atoms with Gasteiger partial charge in [-0.3, -0.25) is 0 Å². The summed E-state index contributed by atoms with van der Waals surface area (Å²) < 4.78 is 43.2. The number of fused-ring (bicyclic) bond motifs is 1. The topological polar surface area (TPSA) is 149 Å². The van der Waals surface area contributed by atoms with Crippen LogP contribution in [0.5, 0.6) is 11.9 Å². The third kappa shape index (κ3) is 4.18. The summed E-state index contributed by atoms with van der Waals surface area (Å²) in [6, 6.07) is 7.96. The zero-order chi connectivity index (χ0) is 29.0. The molecule has 13 heteroatoms. The number of hydrogen-bond acceptors (Lipinski definition) is 11. The summed E-state index contributed by atoms with van der Waals surface area (Å²) in [5.41, 5.74) is 12.9. The summed E-state index contributed by atoms with van der Waals surface area (Å²) in [6.07, 6.45) is 1.72.